The van der Waals surface area contributed by atoms with Gasteiger partial charge in [0, 0.05) is 11.6 Å². The number of benzene rings is 2. The second-order valence-electron chi connectivity index (χ2n) is 4.89. The molecule has 0 radical (unpaired) electrons. The van der Waals surface area contributed by atoms with Gasteiger partial charge in [-0.2, -0.15) is 4.68 Å². The van der Waals surface area contributed by atoms with Crippen LogP contribution in [0.5, 0.6) is 5.75 Å². The van der Waals surface area contributed by atoms with Crippen LogP contribution in [0.1, 0.15) is 5.56 Å². The minimum Gasteiger partial charge on any atom is -0.471 e. The monoisotopic (exact) mass is 312 g/mol. The summed E-state index contributed by atoms with van der Waals surface area (Å²) in [6, 6.07) is 11.3. The van der Waals surface area contributed by atoms with Gasteiger partial charge in [0.15, 0.2) is 6.73 Å². The highest BCUT2D eigenvalue weighted by Crippen LogP contribution is 2.23. The van der Waals surface area contributed by atoms with Crippen molar-refractivity contribution in [3.8, 4) is 5.75 Å². The first-order valence-electron chi connectivity index (χ1n) is 6.76. The second kappa shape index (κ2) is 5.84. The largest absolute Gasteiger partial charge is 0.471 e. The van der Waals surface area contributed by atoms with Gasteiger partial charge in [-0.3, -0.25) is 14.9 Å². The lowest BCUT2D eigenvalue weighted by atomic mass is 10.2. The smallest absolute Gasteiger partial charge is 0.280 e. The van der Waals surface area contributed by atoms with Crippen LogP contribution in [0.3, 0.4) is 0 Å². The first-order chi connectivity index (χ1) is 11.1. The van der Waals surface area contributed by atoms with Gasteiger partial charge >= 0.3 is 0 Å². The van der Waals surface area contributed by atoms with Crippen LogP contribution < -0.4 is 10.3 Å². The fourth-order valence-electron chi connectivity index (χ4n) is 2.17. The number of rotatable bonds is 4. The molecule has 2 aromatic carbocycles. The van der Waals surface area contributed by atoms with Gasteiger partial charge in [0.05, 0.1) is 10.3 Å². The van der Waals surface area contributed by atoms with Crippen molar-refractivity contribution in [2.75, 3.05) is 0 Å². The first kappa shape index (κ1) is 14.6. The molecule has 0 bridgehead atoms. The number of hydrogen-bond acceptors (Lipinski definition) is 6. The van der Waals surface area contributed by atoms with Gasteiger partial charge in [-0.05, 0) is 31.2 Å². The Balaban J connectivity index is 1.84. The standard InChI is InChI=1S/C15H12N4O4/c1-10-8-11(6-7-14(10)19(21)22)23-9-18-15(20)12-4-2-3-5-13(12)16-17-18/h2-8H,9H2,1H3. The Morgan fingerprint density at radius 3 is 2.78 bits per heavy atom. The van der Waals surface area contributed by atoms with Gasteiger partial charge < -0.3 is 4.74 Å². The fraction of sp³-hybridized carbons (Fsp3) is 0.133. The molecule has 0 spiro atoms. The fourth-order valence-corrected chi connectivity index (χ4v) is 2.17. The van der Waals surface area contributed by atoms with E-state index in [0.29, 0.717) is 22.2 Å². The summed E-state index contributed by atoms with van der Waals surface area (Å²) in [5.41, 5.74) is 0.693. The van der Waals surface area contributed by atoms with E-state index in [2.05, 4.69) is 10.3 Å². The molecular formula is C15H12N4O4. The lowest BCUT2D eigenvalue weighted by Crippen LogP contribution is -2.26. The number of nitro groups is 1. The topological polar surface area (TPSA) is 100 Å². The van der Waals surface area contributed by atoms with Crippen LogP contribution in [0.2, 0.25) is 0 Å². The van der Waals surface area contributed by atoms with E-state index in [1.54, 1.807) is 31.2 Å². The van der Waals surface area contributed by atoms with E-state index in [4.69, 9.17) is 4.74 Å². The van der Waals surface area contributed by atoms with Gasteiger partial charge in [-0.15, -0.1) is 5.10 Å². The Hall–Kier alpha value is -3.29. The van der Waals surface area contributed by atoms with Crippen molar-refractivity contribution in [3.63, 3.8) is 0 Å². The van der Waals surface area contributed by atoms with Gasteiger partial charge in [-0.1, -0.05) is 17.3 Å². The molecule has 0 saturated carbocycles. The van der Waals surface area contributed by atoms with Crippen LogP contribution in [0, 0.1) is 17.0 Å². The van der Waals surface area contributed by atoms with Crippen molar-refractivity contribution in [2.24, 2.45) is 0 Å². The summed E-state index contributed by atoms with van der Waals surface area (Å²) >= 11 is 0. The van der Waals surface area contributed by atoms with Gasteiger partial charge in [0.1, 0.15) is 11.3 Å². The Bertz CT molecular complexity index is 952. The summed E-state index contributed by atoms with van der Waals surface area (Å²) in [6.07, 6.45) is 0. The van der Waals surface area contributed by atoms with E-state index in [-0.39, 0.29) is 18.0 Å². The van der Waals surface area contributed by atoms with Crippen molar-refractivity contribution in [2.45, 2.75) is 13.7 Å². The van der Waals surface area contributed by atoms with E-state index >= 15 is 0 Å². The quantitative estimate of drug-likeness (QED) is 0.540. The highest BCUT2D eigenvalue weighted by Gasteiger charge is 2.11. The molecule has 0 unspecified atom stereocenters. The van der Waals surface area contributed by atoms with Crippen LogP contribution >= 0.6 is 0 Å². The van der Waals surface area contributed by atoms with E-state index in [0.717, 1.165) is 4.68 Å². The summed E-state index contributed by atoms with van der Waals surface area (Å²) in [4.78, 5) is 22.6. The van der Waals surface area contributed by atoms with Gasteiger partial charge in [0.2, 0.25) is 0 Å². The van der Waals surface area contributed by atoms with Crippen LogP contribution in [0.25, 0.3) is 10.9 Å². The summed E-state index contributed by atoms with van der Waals surface area (Å²) in [7, 11) is 0. The molecule has 0 aliphatic rings. The molecule has 1 aromatic heterocycles. The normalized spacial score (nSPS) is 10.7. The molecule has 116 valence electrons. The SMILES string of the molecule is Cc1cc(OCn2nnc3ccccc3c2=O)ccc1[N+](=O)[O-]. The van der Waals surface area contributed by atoms with Crippen molar-refractivity contribution in [1.29, 1.82) is 0 Å². The minimum absolute atomic E-state index is 0.0139. The molecule has 23 heavy (non-hydrogen) atoms. The van der Waals surface area contributed by atoms with Crippen LogP contribution in [-0.2, 0) is 6.73 Å². The summed E-state index contributed by atoms with van der Waals surface area (Å²) in [5, 5.41) is 19.0. The zero-order valence-electron chi connectivity index (χ0n) is 12.2. The minimum atomic E-state index is -0.460. The molecule has 0 saturated heterocycles. The third kappa shape index (κ3) is 2.86. The van der Waals surface area contributed by atoms with Crippen LogP contribution in [-0.4, -0.2) is 19.9 Å². The molecule has 0 N–H and O–H groups in total. The van der Waals surface area contributed by atoms with Gasteiger partial charge in [0.25, 0.3) is 11.2 Å². The second-order valence-corrected chi connectivity index (χ2v) is 4.89. The Kier molecular flexibility index (Phi) is 3.71. The average molecular weight is 312 g/mol. The zero-order chi connectivity index (χ0) is 16.4. The van der Waals surface area contributed by atoms with E-state index in [9.17, 15) is 14.9 Å². The molecule has 0 aliphatic heterocycles. The molecule has 3 aromatic rings. The van der Waals surface area contributed by atoms with Gasteiger partial charge in [-0.25, -0.2) is 0 Å². The predicted molar refractivity (Wildman–Crippen MR) is 82.3 cm³/mol. The highest BCUT2D eigenvalue weighted by molar-refractivity contribution is 5.76. The molecule has 8 heteroatoms. The molecule has 0 fully saturated rings. The molecule has 8 nitrogen and oxygen atoms in total. The maximum absolute atomic E-state index is 12.3. The molecule has 0 amide bonds. The van der Waals surface area contributed by atoms with E-state index in [1.165, 1.54) is 18.2 Å². The molecular weight excluding hydrogens is 300 g/mol. The molecule has 0 aliphatic carbocycles. The summed E-state index contributed by atoms with van der Waals surface area (Å²) in [5.74, 6) is 0.412. The average Bonchev–Trinajstić information content (AvgIpc) is 2.54. The number of ether oxygens (including phenoxy) is 1. The van der Waals surface area contributed by atoms with Crippen molar-refractivity contribution >= 4 is 16.6 Å². The van der Waals surface area contributed by atoms with Crippen molar-refractivity contribution in [1.82, 2.24) is 15.0 Å². The molecule has 3 rings (SSSR count). The third-order valence-electron chi connectivity index (χ3n) is 3.35. The number of hydrogen-bond donors (Lipinski definition) is 0. The van der Waals surface area contributed by atoms with Crippen molar-refractivity contribution < 1.29 is 9.66 Å². The lowest BCUT2D eigenvalue weighted by molar-refractivity contribution is -0.385. The Labute approximate surface area is 130 Å². The number of nitro benzene ring substituents is 1. The maximum atomic E-state index is 12.3. The summed E-state index contributed by atoms with van der Waals surface area (Å²) in [6.45, 7) is 1.49. The number of aromatic nitrogens is 3. The third-order valence-corrected chi connectivity index (χ3v) is 3.35. The van der Waals surface area contributed by atoms with Crippen molar-refractivity contribution in [3.05, 3.63) is 68.5 Å². The van der Waals surface area contributed by atoms with E-state index in [1.807, 2.05) is 0 Å². The molecule has 1 heterocycles. The zero-order valence-corrected chi connectivity index (χ0v) is 12.2. The number of nitrogens with zero attached hydrogens (tertiary/aromatic N) is 4. The highest BCUT2D eigenvalue weighted by atomic mass is 16.6. The number of aryl methyl sites for hydroxylation is 1. The predicted octanol–water partition coefficient (Wildman–Crippen LogP) is 2.04. The number of fused-ring (bicyclic) bond motifs is 1. The lowest BCUT2D eigenvalue weighted by Gasteiger charge is -2.08. The Morgan fingerprint density at radius 1 is 1.26 bits per heavy atom. The molecule has 0 atom stereocenters. The Morgan fingerprint density at radius 2 is 2.04 bits per heavy atom. The van der Waals surface area contributed by atoms with Crippen LogP contribution in [0.15, 0.2) is 47.3 Å². The first-order valence-corrected chi connectivity index (χ1v) is 6.76. The maximum Gasteiger partial charge on any atom is 0.280 e. The summed E-state index contributed by atoms with van der Waals surface area (Å²) < 4.78 is 6.57. The van der Waals surface area contributed by atoms with E-state index < -0.39 is 4.92 Å². The van der Waals surface area contributed by atoms with Crippen LogP contribution in [0.4, 0.5) is 5.69 Å².